The third kappa shape index (κ3) is 6.55. The van der Waals surface area contributed by atoms with Gasteiger partial charge in [0.05, 0.1) is 41.6 Å². The molecule has 1 aliphatic carbocycles. The minimum atomic E-state index is -2.84. The summed E-state index contributed by atoms with van der Waals surface area (Å²) in [6.45, 7) is 5.22. The van der Waals surface area contributed by atoms with Gasteiger partial charge in [-0.15, -0.1) is 0 Å². The summed E-state index contributed by atoms with van der Waals surface area (Å²) in [5.74, 6) is 0.578. The normalized spacial score (nSPS) is 19.5. The van der Waals surface area contributed by atoms with Gasteiger partial charge in [-0.25, -0.2) is 28.2 Å². The number of likely N-dealkylation sites (tertiary alicyclic amines) is 1. The summed E-state index contributed by atoms with van der Waals surface area (Å²) >= 11 is 7.24. The zero-order valence-electron chi connectivity index (χ0n) is 31.0. The summed E-state index contributed by atoms with van der Waals surface area (Å²) in [5, 5.41) is 11.3. The van der Waals surface area contributed by atoms with Gasteiger partial charge < -0.3 is 25.0 Å². The number of methoxy groups -OCH3 is 2. The van der Waals surface area contributed by atoms with Crippen molar-refractivity contribution < 1.29 is 23.0 Å². The van der Waals surface area contributed by atoms with Crippen molar-refractivity contribution in [3.05, 3.63) is 92.5 Å². The summed E-state index contributed by atoms with van der Waals surface area (Å²) in [5.41, 5.74) is 5.34. The maximum absolute atomic E-state index is 13.9. The van der Waals surface area contributed by atoms with Gasteiger partial charge in [0.2, 0.25) is 5.88 Å². The van der Waals surface area contributed by atoms with Crippen molar-refractivity contribution in [1.82, 2.24) is 34.9 Å². The van der Waals surface area contributed by atoms with E-state index in [0.29, 0.717) is 42.0 Å². The number of aryl methyl sites for hydroxylation is 2. The number of rotatable bonds is 10. The highest BCUT2D eigenvalue weighted by atomic mass is 35.5. The van der Waals surface area contributed by atoms with E-state index in [2.05, 4.69) is 31.7 Å². The van der Waals surface area contributed by atoms with Gasteiger partial charge in [-0.05, 0) is 61.1 Å². The number of aromatic nitrogens is 4. The molecule has 2 aliphatic heterocycles. The minimum Gasteiger partial charge on any atom is -0.481 e. The summed E-state index contributed by atoms with van der Waals surface area (Å²) in [6.07, 6.45) is 1.16. The summed E-state index contributed by atoms with van der Waals surface area (Å²) in [6, 6.07) is 14.7. The van der Waals surface area contributed by atoms with Gasteiger partial charge in [0, 0.05) is 74.1 Å². The molecule has 55 heavy (non-hydrogen) atoms. The van der Waals surface area contributed by atoms with E-state index in [4.69, 9.17) is 26.1 Å². The largest absolute Gasteiger partial charge is 0.481 e. The second kappa shape index (κ2) is 14.5. The molecule has 2 unspecified atom stereocenters. The van der Waals surface area contributed by atoms with Gasteiger partial charge in [-0.3, -0.25) is 9.69 Å². The fourth-order valence-corrected chi connectivity index (χ4v) is 8.74. The van der Waals surface area contributed by atoms with Gasteiger partial charge in [0.15, 0.2) is 0 Å². The van der Waals surface area contributed by atoms with E-state index in [-0.39, 0.29) is 34.2 Å². The molecule has 0 radical (unpaired) electrons. The Hall–Kier alpha value is -5.18. The highest BCUT2D eigenvalue weighted by Crippen LogP contribution is 2.46. The number of carbonyl (C=O) groups is 1. The van der Waals surface area contributed by atoms with Crippen LogP contribution in [0.15, 0.2) is 59.5 Å². The highest BCUT2D eigenvalue weighted by molar-refractivity contribution is 6.36. The van der Waals surface area contributed by atoms with Crippen LogP contribution in [0.25, 0.3) is 33.2 Å². The molecule has 5 aromatic rings. The molecule has 0 bridgehead atoms. The Labute approximate surface area is 321 Å². The van der Waals surface area contributed by atoms with Crippen molar-refractivity contribution in [3.8, 4) is 28.3 Å². The van der Waals surface area contributed by atoms with Crippen LogP contribution in [-0.4, -0.2) is 88.1 Å². The number of ether oxygens (including phenoxy) is 2. The third-order valence-electron chi connectivity index (χ3n) is 11.2. The number of halogens is 3. The number of nitrogens with one attached hydrogen (secondary N) is 2. The molecular weight excluding hydrogens is 730 g/mol. The van der Waals surface area contributed by atoms with Crippen LogP contribution in [-0.2, 0) is 18.2 Å². The molecule has 286 valence electrons. The monoisotopic (exact) mass is 770 g/mol. The summed E-state index contributed by atoms with van der Waals surface area (Å²) < 4.78 is 40.0. The van der Waals surface area contributed by atoms with Crippen LogP contribution in [0.5, 0.6) is 5.88 Å². The molecule has 5 heterocycles. The van der Waals surface area contributed by atoms with Crippen LogP contribution >= 0.6 is 11.6 Å². The standard InChI is InChI=1S/C40H41ClF2N8O4/c1-22-25(7-6-10-28(22)45-36-33-24(18-30(46-36)35(42)43)19-44-49(2)38(33)52)26-8-5-9-27(34(26)41)29-17-23-11-12-31(32(23)37(47-29)55-4)50-14-13-40(20-50)21-51(15-16-54-3)39(53)48-40/h5-10,17-19,31,35H,11-16,20-21H2,1-4H3,(H,45,46)(H,48,53). The number of carbonyl (C=O) groups excluding carboxylic acids is 1. The SMILES string of the molecule is COCCN1CC2(CCN(C3CCc4cc(-c5cccc(-c6cccc(Nc7nc(C(F)F)cc8cnn(C)c(=O)c78)c6C)c5Cl)nc(OC)c43)C2)NC1=O. The lowest BCUT2D eigenvalue weighted by molar-refractivity contribution is 0.146. The van der Waals surface area contributed by atoms with E-state index in [1.54, 1.807) is 20.3 Å². The van der Waals surface area contributed by atoms with Crippen LogP contribution in [0.3, 0.4) is 0 Å². The van der Waals surface area contributed by atoms with E-state index in [1.807, 2.05) is 42.2 Å². The zero-order chi connectivity index (χ0) is 38.6. The van der Waals surface area contributed by atoms with E-state index in [9.17, 15) is 18.4 Å². The predicted molar refractivity (Wildman–Crippen MR) is 206 cm³/mol. The van der Waals surface area contributed by atoms with Crippen LogP contribution in [0.1, 0.15) is 47.7 Å². The van der Waals surface area contributed by atoms with Crippen LogP contribution < -0.4 is 20.9 Å². The van der Waals surface area contributed by atoms with Crippen LogP contribution in [0, 0.1) is 6.92 Å². The average Bonchev–Trinajstić information content (AvgIpc) is 3.88. The molecule has 8 rings (SSSR count). The Bertz CT molecular complexity index is 2390. The number of benzene rings is 2. The fourth-order valence-electron chi connectivity index (χ4n) is 8.41. The third-order valence-corrected chi connectivity index (χ3v) is 11.6. The Morgan fingerprint density at radius 1 is 1.07 bits per heavy atom. The number of amides is 2. The van der Waals surface area contributed by atoms with E-state index < -0.39 is 17.7 Å². The fraction of sp³-hybridized carbons (Fsp3) is 0.375. The number of pyridine rings is 2. The topological polar surface area (TPSA) is 127 Å². The highest BCUT2D eigenvalue weighted by Gasteiger charge is 2.49. The Balaban J connectivity index is 1.09. The number of anilines is 2. The second-order valence-corrected chi connectivity index (χ2v) is 14.9. The number of nitrogens with zero attached hydrogens (tertiary/aromatic N) is 6. The second-order valence-electron chi connectivity index (χ2n) is 14.5. The van der Waals surface area contributed by atoms with Crippen LogP contribution in [0.4, 0.5) is 25.1 Å². The van der Waals surface area contributed by atoms with Gasteiger partial charge in [-0.1, -0.05) is 41.9 Å². The van der Waals surface area contributed by atoms with E-state index >= 15 is 0 Å². The number of fused-ring (bicyclic) bond motifs is 2. The molecule has 3 aliphatic rings. The Morgan fingerprint density at radius 2 is 1.85 bits per heavy atom. The quantitative estimate of drug-likeness (QED) is 0.158. The van der Waals surface area contributed by atoms with Crippen molar-refractivity contribution in [3.63, 3.8) is 0 Å². The lowest BCUT2D eigenvalue weighted by atomic mass is 9.96. The molecule has 2 N–H and O–H groups in total. The van der Waals surface area contributed by atoms with Crippen molar-refractivity contribution in [2.24, 2.45) is 7.05 Å². The maximum Gasteiger partial charge on any atom is 0.318 e. The smallest absolute Gasteiger partial charge is 0.318 e. The molecule has 2 saturated heterocycles. The first-order valence-electron chi connectivity index (χ1n) is 18.2. The molecule has 0 saturated carbocycles. The summed E-state index contributed by atoms with van der Waals surface area (Å²) in [7, 11) is 4.78. The summed E-state index contributed by atoms with van der Waals surface area (Å²) in [4.78, 5) is 39.3. The molecule has 2 atom stereocenters. The Morgan fingerprint density at radius 3 is 2.64 bits per heavy atom. The molecule has 3 aromatic heterocycles. The Kier molecular flexibility index (Phi) is 9.68. The van der Waals surface area contributed by atoms with E-state index in [1.165, 1.54) is 19.3 Å². The minimum absolute atomic E-state index is 0.0183. The number of alkyl halides is 2. The molecule has 2 fully saturated rings. The molecule has 12 nitrogen and oxygen atoms in total. The van der Waals surface area contributed by atoms with Crippen molar-refractivity contribution in [2.45, 2.75) is 44.2 Å². The van der Waals surface area contributed by atoms with Gasteiger partial charge in [-0.2, -0.15) is 5.10 Å². The van der Waals surface area contributed by atoms with Crippen LogP contribution in [0.2, 0.25) is 5.02 Å². The van der Waals surface area contributed by atoms with E-state index in [0.717, 1.165) is 70.4 Å². The lowest BCUT2D eigenvalue weighted by Crippen LogP contribution is -2.46. The predicted octanol–water partition coefficient (Wildman–Crippen LogP) is 6.81. The van der Waals surface area contributed by atoms with Crippen molar-refractivity contribution in [2.75, 3.05) is 52.3 Å². The van der Waals surface area contributed by atoms with Crippen molar-refractivity contribution in [1.29, 1.82) is 0 Å². The first-order valence-corrected chi connectivity index (χ1v) is 18.6. The van der Waals surface area contributed by atoms with Gasteiger partial charge in [0.25, 0.3) is 12.0 Å². The number of hydrogen-bond donors (Lipinski definition) is 2. The molecule has 2 aromatic carbocycles. The average molecular weight is 771 g/mol. The van der Waals surface area contributed by atoms with Crippen molar-refractivity contribution >= 4 is 39.9 Å². The first-order chi connectivity index (χ1) is 26.5. The number of hydrogen-bond acceptors (Lipinski definition) is 9. The number of urea groups is 1. The first kappa shape index (κ1) is 36.8. The molecular formula is C40H41ClF2N8O4. The molecule has 1 spiro atoms. The maximum atomic E-state index is 13.9. The lowest BCUT2D eigenvalue weighted by Gasteiger charge is -2.28. The zero-order valence-corrected chi connectivity index (χ0v) is 31.7. The van der Waals surface area contributed by atoms with Gasteiger partial charge in [0.1, 0.15) is 11.5 Å². The molecule has 15 heteroatoms. The molecule has 2 amide bonds. The van der Waals surface area contributed by atoms with Gasteiger partial charge >= 0.3 is 6.03 Å².